The zero-order valence-corrected chi connectivity index (χ0v) is 11.2. The van der Waals surface area contributed by atoms with Crippen LogP contribution in [0.25, 0.3) is 0 Å². The van der Waals surface area contributed by atoms with Gasteiger partial charge in [-0.05, 0) is 37.4 Å². The summed E-state index contributed by atoms with van der Waals surface area (Å²) in [6.45, 7) is 0. The highest BCUT2D eigenvalue weighted by molar-refractivity contribution is 6.30. The van der Waals surface area contributed by atoms with Crippen LogP contribution in [0.3, 0.4) is 0 Å². The van der Waals surface area contributed by atoms with Gasteiger partial charge in [-0.3, -0.25) is 0 Å². The lowest BCUT2D eigenvalue weighted by Gasteiger charge is -2.18. The number of likely N-dealkylation sites (N-methyl/N-ethyl adjacent to an activating group) is 1. The van der Waals surface area contributed by atoms with E-state index in [4.69, 9.17) is 20.8 Å². The summed E-state index contributed by atoms with van der Waals surface area (Å²) in [6, 6.07) is 9.57. The average Bonchev–Trinajstić information content (AvgIpc) is 2.88. The Labute approximate surface area is 112 Å². The van der Waals surface area contributed by atoms with Crippen LogP contribution in [0, 0.1) is 0 Å². The molecular formula is C14H16ClNO2. The van der Waals surface area contributed by atoms with E-state index >= 15 is 0 Å². The van der Waals surface area contributed by atoms with Crippen molar-refractivity contribution in [3.63, 3.8) is 0 Å². The summed E-state index contributed by atoms with van der Waals surface area (Å²) < 4.78 is 10.8. The van der Waals surface area contributed by atoms with Gasteiger partial charge in [0.15, 0.2) is 0 Å². The Morgan fingerprint density at radius 2 is 2.22 bits per heavy atom. The molecule has 1 aromatic carbocycles. The Hall–Kier alpha value is -1.45. The van der Waals surface area contributed by atoms with Gasteiger partial charge in [-0.25, -0.2) is 0 Å². The van der Waals surface area contributed by atoms with Crippen molar-refractivity contribution in [3.05, 3.63) is 52.9 Å². The average molecular weight is 266 g/mol. The van der Waals surface area contributed by atoms with Crippen LogP contribution in [0.1, 0.15) is 17.4 Å². The van der Waals surface area contributed by atoms with E-state index in [2.05, 4.69) is 5.32 Å². The fraction of sp³-hybridized carbons (Fsp3) is 0.286. The summed E-state index contributed by atoms with van der Waals surface area (Å²) in [7, 11) is 3.57. The molecule has 2 aromatic rings. The second-order valence-electron chi connectivity index (χ2n) is 4.01. The van der Waals surface area contributed by atoms with Crippen molar-refractivity contribution in [3.8, 4) is 5.75 Å². The highest BCUT2D eigenvalue weighted by Crippen LogP contribution is 2.30. The van der Waals surface area contributed by atoms with Crippen molar-refractivity contribution in [2.75, 3.05) is 14.2 Å². The van der Waals surface area contributed by atoms with Crippen LogP contribution in [-0.2, 0) is 6.42 Å². The smallest absolute Gasteiger partial charge is 0.123 e. The maximum atomic E-state index is 6.05. The standard InChI is InChI=1S/C14H16ClNO2/c1-16-13(9-11-4-3-7-18-11)12-8-10(15)5-6-14(12)17-2/h3-8,13,16H,9H2,1-2H3. The number of ether oxygens (including phenoxy) is 1. The van der Waals surface area contributed by atoms with Crippen molar-refractivity contribution in [2.45, 2.75) is 12.5 Å². The number of hydrogen-bond donors (Lipinski definition) is 1. The molecule has 0 fully saturated rings. The molecule has 0 aliphatic rings. The number of furan rings is 1. The Morgan fingerprint density at radius 3 is 2.83 bits per heavy atom. The molecule has 0 aliphatic heterocycles. The normalized spacial score (nSPS) is 12.4. The SMILES string of the molecule is CNC(Cc1ccco1)c1cc(Cl)ccc1OC. The van der Waals surface area contributed by atoms with Crippen molar-refractivity contribution in [1.29, 1.82) is 0 Å². The van der Waals surface area contributed by atoms with Gasteiger partial charge in [0, 0.05) is 23.0 Å². The Balaban J connectivity index is 2.28. The molecule has 96 valence electrons. The number of methoxy groups -OCH3 is 1. The van der Waals surface area contributed by atoms with Crippen LogP contribution in [0.2, 0.25) is 5.02 Å². The molecule has 0 saturated heterocycles. The zero-order valence-electron chi connectivity index (χ0n) is 10.4. The van der Waals surface area contributed by atoms with E-state index < -0.39 is 0 Å². The van der Waals surface area contributed by atoms with Crippen LogP contribution in [0.4, 0.5) is 0 Å². The van der Waals surface area contributed by atoms with Gasteiger partial charge in [0.05, 0.1) is 13.4 Å². The lowest BCUT2D eigenvalue weighted by Crippen LogP contribution is -2.19. The molecule has 1 aromatic heterocycles. The minimum Gasteiger partial charge on any atom is -0.496 e. The minimum absolute atomic E-state index is 0.102. The van der Waals surface area contributed by atoms with Crippen molar-refractivity contribution < 1.29 is 9.15 Å². The monoisotopic (exact) mass is 265 g/mol. The van der Waals surface area contributed by atoms with E-state index in [0.29, 0.717) is 5.02 Å². The summed E-state index contributed by atoms with van der Waals surface area (Å²) in [6.07, 6.45) is 2.43. The number of rotatable bonds is 5. The molecular weight excluding hydrogens is 250 g/mol. The second kappa shape index (κ2) is 5.94. The zero-order chi connectivity index (χ0) is 13.0. The largest absolute Gasteiger partial charge is 0.496 e. The van der Waals surface area contributed by atoms with Gasteiger partial charge in [0.2, 0.25) is 0 Å². The Bertz CT molecular complexity index is 497. The van der Waals surface area contributed by atoms with Gasteiger partial charge in [0.25, 0.3) is 0 Å². The number of benzene rings is 1. The molecule has 0 radical (unpaired) electrons. The molecule has 4 heteroatoms. The highest BCUT2D eigenvalue weighted by Gasteiger charge is 2.16. The van der Waals surface area contributed by atoms with Crippen molar-refractivity contribution >= 4 is 11.6 Å². The third-order valence-corrected chi connectivity index (χ3v) is 3.14. The van der Waals surface area contributed by atoms with Crippen LogP contribution in [0.5, 0.6) is 5.75 Å². The maximum absolute atomic E-state index is 6.05. The molecule has 0 saturated carbocycles. The van der Waals surface area contributed by atoms with Crippen molar-refractivity contribution in [1.82, 2.24) is 5.32 Å². The Morgan fingerprint density at radius 1 is 1.39 bits per heavy atom. The predicted molar refractivity (Wildman–Crippen MR) is 72.2 cm³/mol. The van der Waals surface area contributed by atoms with Crippen LogP contribution < -0.4 is 10.1 Å². The molecule has 1 atom stereocenters. The molecule has 2 rings (SSSR count). The summed E-state index contributed by atoms with van der Waals surface area (Å²) in [5, 5.41) is 3.96. The van der Waals surface area contributed by atoms with E-state index in [1.165, 1.54) is 0 Å². The third-order valence-electron chi connectivity index (χ3n) is 2.90. The van der Waals surface area contributed by atoms with Crippen LogP contribution >= 0.6 is 11.6 Å². The van der Waals surface area contributed by atoms with Crippen LogP contribution in [0.15, 0.2) is 41.0 Å². The molecule has 1 heterocycles. The van der Waals surface area contributed by atoms with Gasteiger partial charge < -0.3 is 14.5 Å². The van der Waals surface area contributed by atoms with E-state index in [0.717, 1.165) is 23.5 Å². The number of halogens is 1. The van der Waals surface area contributed by atoms with Gasteiger partial charge >= 0.3 is 0 Å². The van der Waals surface area contributed by atoms with Crippen LogP contribution in [-0.4, -0.2) is 14.2 Å². The summed E-state index contributed by atoms with van der Waals surface area (Å²) in [5.41, 5.74) is 1.03. The summed E-state index contributed by atoms with van der Waals surface area (Å²) in [5.74, 6) is 1.75. The van der Waals surface area contributed by atoms with E-state index in [1.54, 1.807) is 13.4 Å². The van der Waals surface area contributed by atoms with Gasteiger partial charge in [-0.15, -0.1) is 0 Å². The second-order valence-corrected chi connectivity index (χ2v) is 4.45. The third kappa shape index (κ3) is 2.86. The molecule has 18 heavy (non-hydrogen) atoms. The minimum atomic E-state index is 0.102. The summed E-state index contributed by atoms with van der Waals surface area (Å²) >= 11 is 6.05. The van der Waals surface area contributed by atoms with E-state index in [9.17, 15) is 0 Å². The number of hydrogen-bond acceptors (Lipinski definition) is 3. The fourth-order valence-electron chi connectivity index (χ4n) is 1.97. The van der Waals surface area contributed by atoms with Gasteiger partial charge in [-0.2, -0.15) is 0 Å². The van der Waals surface area contributed by atoms with Gasteiger partial charge in [-0.1, -0.05) is 11.6 Å². The molecule has 0 aliphatic carbocycles. The predicted octanol–water partition coefficient (Wildman–Crippen LogP) is 3.44. The van der Waals surface area contributed by atoms with Gasteiger partial charge in [0.1, 0.15) is 11.5 Å². The summed E-state index contributed by atoms with van der Waals surface area (Å²) in [4.78, 5) is 0. The molecule has 3 nitrogen and oxygen atoms in total. The molecule has 0 amide bonds. The lowest BCUT2D eigenvalue weighted by atomic mass is 10.0. The lowest BCUT2D eigenvalue weighted by molar-refractivity contribution is 0.396. The first-order valence-electron chi connectivity index (χ1n) is 5.77. The first-order valence-corrected chi connectivity index (χ1v) is 6.15. The first-order chi connectivity index (χ1) is 8.74. The highest BCUT2D eigenvalue weighted by atomic mass is 35.5. The molecule has 0 spiro atoms. The molecule has 1 N–H and O–H groups in total. The van der Waals surface area contributed by atoms with E-state index in [1.807, 2.05) is 37.4 Å². The fourth-order valence-corrected chi connectivity index (χ4v) is 2.16. The first kappa shape index (κ1) is 13.0. The topological polar surface area (TPSA) is 34.4 Å². The maximum Gasteiger partial charge on any atom is 0.123 e. The van der Waals surface area contributed by atoms with Crippen molar-refractivity contribution in [2.24, 2.45) is 0 Å². The molecule has 1 unspecified atom stereocenters. The molecule has 0 bridgehead atoms. The Kier molecular flexibility index (Phi) is 4.28. The van der Waals surface area contributed by atoms with E-state index in [-0.39, 0.29) is 6.04 Å². The number of nitrogens with one attached hydrogen (secondary N) is 1. The quantitative estimate of drug-likeness (QED) is 0.899.